The minimum absolute atomic E-state index is 0.494. The topological polar surface area (TPSA) is 29.9 Å². The average molecular weight is 249 g/mol. The molecule has 1 aromatic rings. The quantitative estimate of drug-likeness (QED) is 0.886. The number of rotatable bonds is 4. The van der Waals surface area contributed by atoms with Crippen LogP contribution in [-0.4, -0.2) is 15.6 Å². The normalized spacial score (nSPS) is 28.8. The summed E-state index contributed by atoms with van der Waals surface area (Å²) < 4.78 is 2.25. The highest BCUT2D eigenvalue weighted by Gasteiger charge is 2.23. The van der Waals surface area contributed by atoms with E-state index in [1.54, 1.807) is 0 Å². The van der Waals surface area contributed by atoms with E-state index >= 15 is 0 Å². The summed E-state index contributed by atoms with van der Waals surface area (Å²) in [6, 6.07) is 1.17. The van der Waals surface area contributed by atoms with Gasteiger partial charge in [0.25, 0.3) is 0 Å². The van der Waals surface area contributed by atoms with E-state index < -0.39 is 0 Å². The molecule has 102 valence electrons. The SMILES string of the molecule is CC1CC(C)CC(NCc2cncn2C(C)C)C1. The van der Waals surface area contributed by atoms with Gasteiger partial charge < -0.3 is 9.88 Å². The third-order valence-electron chi connectivity index (χ3n) is 4.05. The lowest BCUT2D eigenvalue weighted by Crippen LogP contribution is -2.36. The highest BCUT2D eigenvalue weighted by atomic mass is 15.1. The summed E-state index contributed by atoms with van der Waals surface area (Å²) in [6.45, 7) is 10.1. The third kappa shape index (κ3) is 3.35. The molecule has 0 radical (unpaired) electrons. The number of hydrogen-bond acceptors (Lipinski definition) is 2. The minimum atomic E-state index is 0.494. The molecule has 1 heterocycles. The Morgan fingerprint density at radius 3 is 2.56 bits per heavy atom. The lowest BCUT2D eigenvalue weighted by atomic mass is 9.80. The Bertz CT molecular complexity index is 360. The molecule has 0 aromatic carbocycles. The van der Waals surface area contributed by atoms with Crippen molar-refractivity contribution in [2.75, 3.05) is 0 Å². The van der Waals surface area contributed by atoms with Gasteiger partial charge in [-0.3, -0.25) is 0 Å². The standard InChI is InChI=1S/C15H27N3/c1-11(2)18-10-16-8-15(18)9-17-14-6-12(3)5-13(4)7-14/h8,10-14,17H,5-7,9H2,1-4H3. The van der Waals surface area contributed by atoms with E-state index in [0.717, 1.165) is 18.4 Å². The molecular formula is C15H27N3. The Morgan fingerprint density at radius 1 is 1.28 bits per heavy atom. The number of hydrogen-bond donors (Lipinski definition) is 1. The van der Waals surface area contributed by atoms with Crippen LogP contribution < -0.4 is 5.32 Å². The zero-order valence-electron chi connectivity index (χ0n) is 12.2. The molecule has 0 bridgehead atoms. The van der Waals surface area contributed by atoms with E-state index in [1.165, 1.54) is 25.0 Å². The Hall–Kier alpha value is -0.830. The van der Waals surface area contributed by atoms with Crippen molar-refractivity contribution in [1.29, 1.82) is 0 Å². The van der Waals surface area contributed by atoms with Gasteiger partial charge in [-0.15, -0.1) is 0 Å². The Morgan fingerprint density at radius 2 is 1.94 bits per heavy atom. The minimum Gasteiger partial charge on any atom is -0.331 e. The van der Waals surface area contributed by atoms with Crippen molar-refractivity contribution in [1.82, 2.24) is 14.9 Å². The van der Waals surface area contributed by atoms with Crippen molar-refractivity contribution in [3.63, 3.8) is 0 Å². The first-order valence-electron chi connectivity index (χ1n) is 7.30. The predicted octanol–water partition coefficient (Wildman–Crippen LogP) is 3.38. The van der Waals surface area contributed by atoms with Gasteiger partial charge in [0.15, 0.2) is 0 Å². The molecule has 1 saturated carbocycles. The van der Waals surface area contributed by atoms with E-state index in [1.807, 2.05) is 12.5 Å². The van der Waals surface area contributed by atoms with Crippen LogP contribution in [0.3, 0.4) is 0 Å². The summed E-state index contributed by atoms with van der Waals surface area (Å²) >= 11 is 0. The maximum absolute atomic E-state index is 4.26. The number of nitrogens with zero attached hydrogens (tertiary/aromatic N) is 2. The summed E-state index contributed by atoms with van der Waals surface area (Å²) in [4.78, 5) is 4.26. The predicted molar refractivity (Wildman–Crippen MR) is 75.4 cm³/mol. The largest absolute Gasteiger partial charge is 0.331 e. The zero-order chi connectivity index (χ0) is 13.1. The van der Waals surface area contributed by atoms with Crippen LogP contribution in [0.4, 0.5) is 0 Å². The van der Waals surface area contributed by atoms with Gasteiger partial charge in [-0.2, -0.15) is 0 Å². The molecule has 1 aliphatic rings. The van der Waals surface area contributed by atoms with Crippen LogP contribution in [0.5, 0.6) is 0 Å². The molecule has 1 N–H and O–H groups in total. The van der Waals surface area contributed by atoms with Crippen molar-refractivity contribution in [3.8, 4) is 0 Å². The van der Waals surface area contributed by atoms with Gasteiger partial charge in [-0.05, 0) is 44.9 Å². The fraction of sp³-hybridized carbons (Fsp3) is 0.800. The molecular weight excluding hydrogens is 222 g/mol. The number of imidazole rings is 1. The third-order valence-corrected chi connectivity index (χ3v) is 4.05. The maximum atomic E-state index is 4.26. The second kappa shape index (κ2) is 5.87. The van der Waals surface area contributed by atoms with Crippen molar-refractivity contribution in [3.05, 3.63) is 18.2 Å². The Kier molecular flexibility index (Phi) is 4.44. The fourth-order valence-corrected chi connectivity index (χ4v) is 3.30. The van der Waals surface area contributed by atoms with Crippen molar-refractivity contribution in [2.45, 2.75) is 65.6 Å². The van der Waals surface area contributed by atoms with Gasteiger partial charge in [-0.1, -0.05) is 13.8 Å². The lowest BCUT2D eigenvalue weighted by Gasteiger charge is -2.32. The molecule has 2 rings (SSSR count). The lowest BCUT2D eigenvalue weighted by molar-refractivity contribution is 0.237. The molecule has 3 nitrogen and oxygen atoms in total. The molecule has 1 aliphatic carbocycles. The van der Waals surface area contributed by atoms with Gasteiger partial charge in [0, 0.05) is 24.8 Å². The van der Waals surface area contributed by atoms with E-state index in [9.17, 15) is 0 Å². The molecule has 0 aliphatic heterocycles. The zero-order valence-corrected chi connectivity index (χ0v) is 12.2. The van der Waals surface area contributed by atoms with Crippen LogP contribution in [0, 0.1) is 11.8 Å². The maximum Gasteiger partial charge on any atom is 0.0951 e. The molecule has 0 spiro atoms. The summed E-state index contributed by atoms with van der Waals surface area (Å²) in [5, 5.41) is 3.72. The van der Waals surface area contributed by atoms with E-state index in [2.05, 4.69) is 42.6 Å². The van der Waals surface area contributed by atoms with Crippen molar-refractivity contribution >= 4 is 0 Å². The smallest absolute Gasteiger partial charge is 0.0951 e. The molecule has 3 heteroatoms. The first-order chi connectivity index (χ1) is 8.56. The number of aromatic nitrogens is 2. The molecule has 0 amide bonds. The molecule has 1 fully saturated rings. The van der Waals surface area contributed by atoms with Crippen LogP contribution >= 0.6 is 0 Å². The van der Waals surface area contributed by atoms with Crippen molar-refractivity contribution in [2.24, 2.45) is 11.8 Å². The first-order valence-corrected chi connectivity index (χ1v) is 7.30. The van der Waals surface area contributed by atoms with Gasteiger partial charge in [0.05, 0.1) is 12.0 Å². The molecule has 18 heavy (non-hydrogen) atoms. The summed E-state index contributed by atoms with van der Waals surface area (Å²) in [6.07, 6.45) is 7.96. The highest BCUT2D eigenvalue weighted by Crippen LogP contribution is 2.28. The van der Waals surface area contributed by atoms with Crippen LogP contribution in [0.1, 0.15) is 58.7 Å². The van der Waals surface area contributed by atoms with Gasteiger partial charge >= 0.3 is 0 Å². The second-order valence-corrected chi connectivity index (χ2v) is 6.38. The van der Waals surface area contributed by atoms with Crippen LogP contribution in [-0.2, 0) is 6.54 Å². The van der Waals surface area contributed by atoms with E-state index in [0.29, 0.717) is 12.1 Å². The molecule has 0 saturated heterocycles. The summed E-state index contributed by atoms with van der Waals surface area (Å²) in [5.41, 5.74) is 1.30. The van der Waals surface area contributed by atoms with Crippen molar-refractivity contribution < 1.29 is 0 Å². The van der Waals surface area contributed by atoms with Gasteiger partial charge in [0.2, 0.25) is 0 Å². The van der Waals surface area contributed by atoms with E-state index in [4.69, 9.17) is 0 Å². The highest BCUT2D eigenvalue weighted by molar-refractivity contribution is 5.00. The van der Waals surface area contributed by atoms with E-state index in [-0.39, 0.29) is 0 Å². The van der Waals surface area contributed by atoms with Gasteiger partial charge in [-0.25, -0.2) is 4.98 Å². The Labute approximate surface area is 111 Å². The van der Waals surface area contributed by atoms with Gasteiger partial charge in [0.1, 0.15) is 0 Å². The number of nitrogens with one attached hydrogen (secondary N) is 1. The van der Waals surface area contributed by atoms with Crippen LogP contribution in [0.25, 0.3) is 0 Å². The monoisotopic (exact) mass is 249 g/mol. The fourth-order valence-electron chi connectivity index (χ4n) is 3.30. The summed E-state index contributed by atoms with van der Waals surface area (Å²) in [7, 11) is 0. The van der Waals surface area contributed by atoms with Crippen LogP contribution in [0.15, 0.2) is 12.5 Å². The average Bonchev–Trinajstić information content (AvgIpc) is 2.73. The molecule has 2 atom stereocenters. The Balaban J connectivity index is 1.89. The first kappa shape index (κ1) is 13.6. The summed E-state index contributed by atoms with van der Waals surface area (Å²) in [5.74, 6) is 1.72. The van der Waals surface area contributed by atoms with Crippen LogP contribution in [0.2, 0.25) is 0 Å². The second-order valence-electron chi connectivity index (χ2n) is 6.38. The molecule has 1 aromatic heterocycles. The molecule has 2 unspecified atom stereocenters.